The van der Waals surface area contributed by atoms with Crippen LogP contribution in [0.5, 0.6) is 0 Å². The fraction of sp³-hybridized carbons (Fsp3) is 0.462. The van der Waals surface area contributed by atoms with E-state index in [9.17, 15) is 4.79 Å². The Hall–Kier alpha value is -1.26. The second kappa shape index (κ2) is 5.16. The number of halogens is 1. The Bertz CT molecular complexity index is 452. The van der Waals surface area contributed by atoms with Crippen molar-refractivity contribution < 1.29 is 14.6 Å². The summed E-state index contributed by atoms with van der Waals surface area (Å²) in [6, 6.07) is 7.38. The van der Waals surface area contributed by atoms with Crippen LogP contribution in [-0.2, 0) is 11.3 Å². The van der Waals surface area contributed by atoms with Crippen molar-refractivity contribution in [3.05, 3.63) is 34.9 Å². The minimum absolute atomic E-state index is 0.0270. The van der Waals surface area contributed by atoms with Crippen LogP contribution in [0.4, 0.5) is 4.79 Å². The molecule has 1 aromatic carbocycles. The summed E-state index contributed by atoms with van der Waals surface area (Å²) in [6.45, 7) is 2.70. The van der Waals surface area contributed by atoms with Gasteiger partial charge in [0, 0.05) is 18.2 Å². The van der Waals surface area contributed by atoms with Gasteiger partial charge in [-0.3, -0.25) is 4.90 Å². The van der Waals surface area contributed by atoms with Gasteiger partial charge in [0.25, 0.3) is 0 Å². The molecule has 2 rings (SSSR count). The van der Waals surface area contributed by atoms with E-state index in [-0.39, 0.29) is 12.7 Å². The number of hydrogen-bond donors (Lipinski definition) is 1. The third-order valence-corrected chi connectivity index (χ3v) is 3.49. The number of rotatable bonds is 4. The molecule has 1 aliphatic heterocycles. The summed E-state index contributed by atoms with van der Waals surface area (Å²) in [5.74, 6) is 0. The molecular weight excluding hydrogens is 254 g/mol. The molecule has 0 aliphatic carbocycles. The van der Waals surface area contributed by atoms with Gasteiger partial charge in [0.15, 0.2) is 0 Å². The zero-order valence-corrected chi connectivity index (χ0v) is 11.0. The highest BCUT2D eigenvalue weighted by molar-refractivity contribution is 6.30. The molecule has 4 nitrogen and oxygen atoms in total. The maximum Gasteiger partial charge on any atom is 0.410 e. The number of nitrogens with zero attached hydrogens (tertiary/aromatic N) is 1. The molecular formula is C13H16ClNO3. The van der Waals surface area contributed by atoms with Crippen molar-refractivity contribution in [1.82, 2.24) is 4.90 Å². The zero-order chi connectivity index (χ0) is 13.2. The van der Waals surface area contributed by atoms with Gasteiger partial charge in [-0.2, -0.15) is 0 Å². The van der Waals surface area contributed by atoms with Crippen molar-refractivity contribution in [2.45, 2.75) is 25.4 Å². The maximum absolute atomic E-state index is 11.7. The fourth-order valence-corrected chi connectivity index (χ4v) is 2.33. The largest absolute Gasteiger partial charge is 0.447 e. The highest BCUT2D eigenvalue weighted by Gasteiger charge is 2.42. The molecule has 1 unspecified atom stereocenters. The van der Waals surface area contributed by atoms with E-state index in [4.69, 9.17) is 21.4 Å². The number of benzene rings is 1. The highest BCUT2D eigenvalue weighted by Crippen LogP contribution is 2.29. The Morgan fingerprint density at radius 1 is 1.56 bits per heavy atom. The molecule has 1 amide bonds. The summed E-state index contributed by atoms with van der Waals surface area (Å²) in [5.41, 5.74) is 0.499. The summed E-state index contributed by atoms with van der Waals surface area (Å²) < 4.78 is 5.08. The number of hydrogen-bond acceptors (Lipinski definition) is 3. The third kappa shape index (κ3) is 2.60. The third-order valence-electron chi connectivity index (χ3n) is 3.26. The maximum atomic E-state index is 11.7. The first-order valence-electron chi connectivity index (χ1n) is 5.85. The summed E-state index contributed by atoms with van der Waals surface area (Å²) in [5, 5.41) is 9.73. The average molecular weight is 270 g/mol. The molecule has 18 heavy (non-hydrogen) atoms. The van der Waals surface area contributed by atoms with E-state index >= 15 is 0 Å². The number of aliphatic hydroxyl groups is 1. The molecule has 1 heterocycles. The van der Waals surface area contributed by atoms with E-state index in [1.807, 2.05) is 25.1 Å². The molecule has 1 aromatic rings. The molecule has 5 heteroatoms. The minimum Gasteiger partial charge on any atom is -0.447 e. The summed E-state index contributed by atoms with van der Waals surface area (Å²) in [6.07, 6.45) is 0.158. The Balaban J connectivity index is 2.17. The first-order valence-corrected chi connectivity index (χ1v) is 6.23. The Morgan fingerprint density at radius 3 is 3.00 bits per heavy atom. The number of cyclic esters (lactones) is 1. The molecule has 1 atom stereocenters. The van der Waals surface area contributed by atoms with Crippen LogP contribution < -0.4 is 0 Å². The summed E-state index contributed by atoms with van der Waals surface area (Å²) in [7, 11) is 0. The van der Waals surface area contributed by atoms with Crippen molar-refractivity contribution in [2.24, 2.45) is 0 Å². The van der Waals surface area contributed by atoms with Crippen molar-refractivity contribution in [3.8, 4) is 0 Å². The van der Waals surface area contributed by atoms with Crippen molar-refractivity contribution in [2.75, 3.05) is 13.2 Å². The first kappa shape index (κ1) is 13.2. The van der Waals surface area contributed by atoms with Gasteiger partial charge < -0.3 is 9.84 Å². The second-order valence-corrected chi connectivity index (χ2v) is 5.18. The van der Waals surface area contributed by atoms with E-state index in [0.717, 1.165) is 5.56 Å². The Morgan fingerprint density at radius 2 is 2.33 bits per heavy atom. The summed E-state index contributed by atoms with van der Waals surface area (Å²) in [4.78, 5) is 13.4. The minimum atomic E-state index is -0.450. The molecule has 0 saturated carbocycles. The number of amides is 1. The molecule has 0 bridgehead atoms. The standard InChI is InChI=1S/C13H16ClNO3/c1-13(5-6-16)9-18-12(17)15(13)8-10-3-2-4-11(14)7-10/h2-4,7,16H,5-6,8-9H2,1H3. The number of carbonyl (C=O) groups is 1. The second-order valence-electron chi connectivity index (χ2n) is 4.74. The SMILES string of the molecule is CC1(CCO)COC(=O)N1Cc1cccc(Cl)c1. The van der Waals surface area contributed by atoms with E-state index in [1.165, 1.54) is 0 Å². The number of carbonyl (C=O) groups excluding carboxylic acids is 1. The van der Waals surface area contributed by atoms with Crippen LogP contribution in [0, 0.1) is 0 Å². The van der Waals surface area contributed by atoms with E-state index in [2.05, 4.69) is 0 Å². The van der Waals surface area contributed by atoms with Gasteiger partial charge in [-0.1, -0.05) is 23.7 Å². The van der Waals surface area contributed by atoms with Gasteiger partial charge in [0.1, 0.15) is 6.61 Å². The van der Waals surface area contributed by atoms with Crippen LogP contribution in [0.15, 0.2) is 24.3 Å². The molecule has 1 N–H and O–H groups in total. The smallest absolute Gasteiger partial charge is 0.410 e. The van der Waals surface area contributed by atoms with Crippen LogP contribution in [0.25, 0.3) is 0 Å². The van der Waals surface area contributed by atoms with Gasteiger partial charge in [0.2, 0.25) is 0 Å². The van der Waals surface area contributed by atoms with Crippen molar-refractivity contribution >= 4 is 17.7 Å². The van der Waals surface area contributed by atoms with E-state index < -0.39 is 5.54 Å². The average Bonchev–Trinajstić information content (AvgIpc) is 2.58. The fourth-order valence-electron chi connectivity index (χ4n) is 2.11. The summed E-state index contributed by atoms with van der Waals surface area (Å²) >= 11 is 5.92. The molecule has 1 aliphatic rings. The number of ether oxygens (including phenoxy) is 1. The molecule has 98 valence electrons. The molecule has 1 saturated heterocycles. The lowest BCUT2D eigenvalue weighted by atomic mass is 9.97. The van der Waals surface area contributed by atoms with Crippen LogP contribution in [0.3, 0.4) is 0 Å². The van der Waals surface area contributed by atoms with Crippen LogP contribution in [0.2, 0.25) is 5.02 Å². The quantitative estimate of drug-likeness (QED) is 0.913. The van der Waals surface area contributed by atoms with Gasteiger partial charge in [-0.15, -0.1) is 0 Å². The normalized spacial score (nSPS) is 23.3. The van der Waals surface area contributed by atoms with Crippen LogP contribution in [-0.4, -0.2) is 34.9 Å². The first-order chi connectivity index (χ1) is 8.55. The predicted molar refractivity (Wildman–Crippen MR) is 68.5 cm³/mol. The molecule has 0 aromatic heterocycles. The Kier molecular flexibility index (Phi) is 3.78. The van der Waals surface area contributed by atoms with Crippen LogP contribution >= 0.6 is 11.6 Å². The Labute approximate surface area is 111 Å². The van der Waals surface area contributed by atoms with E-state index in [1.54, 1.807) is 11.0 Å². The molecule has 0 radical (unpaired) electrons. The predicted octanol–water partition coefficient (Wildman–Crippen LogP) is 2.43. The van der Waals surface area contributed by atoms with Crippen molar-refractivity contribution in [1.29, 1.82) is 0 Å². The van der Waals surface area contributed by atoms with Crippen molar-refractivity contribution in [3.63, 3.8) is 0 Å². The van der Waals surface area contributed by atoms with Gasteiger partial charge >= 0.3 is 6.09 Å². The zero-order valence-electron chi connectivity index (χ0n) is 10.2. The monoisotopic (exact) mass is 269 g/mol. The van der Waals surface area contributed by atoms with E-state index in [0.29, 0.717) is 24.6 Å². The molecule has 0 spiro atoms. The lowest BCUT2D eigenvalue weighted by Gasteiger charge is -2.31. The van der Waals surface area contributed by atoms with Gasteiger partial charge in [-0.25, -0.2) is 4.79 Å². The van der Waals surface area contributed by atoms with Gasteiger partial charge in [0.05, 0.1) is 5.54 Å². The lowest BCUT2D eigenvalue weighted by Crippen LogP contribution is -2.44. The van der Waals surface area contributed by atoms with Crippen LogP contribution in [0.1, 0.15) is 18.9 Å². The topological polar surface area (TPSA) is 49.8 Å². The van der Waals surface area contributed by atoms with Gasteiger partial charge in [-0.05, 0) is 31.0 Å². The lowest BCUT2D eigenvalue weighted by molar-refractivity contribution is 0.131. The number of aliphatic hydroxyl groups excluding tert-OH is 1. The highest BCUT2D eigenvalue weighted by atomic mass is 35.5. The molecule has 1 fully saturated rings.